The molecule has 2 rings (SSSR count). The Labute approximate surface area is 119 Å². The second-order valence-electron chi connectivity index (χ2n) is 4.90. The molecule has 1 aliphatic rings. The quantitative estimate of drug-likeness (QED) is 0.866. The van der Waals surface area contributed by atoms with Gasteiger partial charge in [0.15, 0.2) is 0 Å². The van der Waals surface area contributed by atoms with Crippen molar-refractivity contribution in [1.82, 2.24) is 10.3 Å². The zero-order chi connectivity index (χ0) is 13.7. The van der Waals surface area contributed by atoms with Gasteiger partial charge in [-0.2, -0.15) is 11.8 Å². The standard InChI is InChI=1S/C14H23N3OS/c1-3-4-16-13(12-9-19-6-5-18-12)11-7-10(2)8-17-14(11)15/h7-8,12-13,16H,3-6,9H2,1-2H3,(H2,15,17). The Hall–Kier alpha value is -0.780. The van der Waals surface area contributed by atoms with Gasteiger partial charge in [0.1, 0.15) is 5.82 Å². The third-order valence-electron chi connectivity index (χ3n) is 3.25. The van der Waals surface area contributed by atoms with Crippen LogP contribution in [0.1, 0.15) is 30.5 Å². The van der Waals surface area contributed by atoms with Crippen LogP contribution >= 0.6 is 11.8 Å². The van der Waals surface area contributed by atoms with Gasteiger partial charge in [0.05, 0.1) is 18.8 Å². The average Bonchev–Trinajstić information content (AvgIpc) is 2.44. The van der Waals surface area contributed by atoms with E-state index in [1.807, 2.05) is 24.9 Å². The van der Waals surface area contributed by atoms with Crippen LogP contribution in [0.3, 0.4) is 0 Å². The van der Waals surface area contributed by atoms with Crippen molar-refractivity contribution in [3.05, 3.63) is 23.4 Å². The molecule has 1 aromatic rings. The number of nitrogens with zero attached hydrogens (tertiary/aromatic N) is 1. The van der Waals surface area contributed by atoms with Gasteiger partial charge in [-0.25, -0.2) is 4.98 Å². The maximum Gasteiger partial charge on any atom is 0.128 e. The lowest BCUT2D eigenvalue weighted by atomic mass is 10.0. The second-order valence-corrected chi connectivity index (χ2v) is 6.05. The fourth-order valence-corrected chi connectivity index (χ4v) is 3.19. The van der Waals surface area contributed by atoms with E-state index in [0.29, 0.717) is 5.82 Å². The van der Waals surface area contributed by atoms with Gasteiger partial charge in [-0.3, -0.25) is 0 Å². The molecule has 5 heteroatoms. The van der Waals surface area contributed by atoms with Gasteiger partial charge in [-0.15, -0.1) is 0 Å². The molecule has 0 radical (unpaired) electrons. The van der Waals surface area contributed by atoms with Crippen molar-refractivity contribution in [1.29, 1.82) is 0 Å². The number of nitrogens with two attached hydrogens (primary N) is 1. The highest BCUT2D eigenvalue weighted by molar-refractivity contribution is 7.99. The van der Waals surface area contributed by atoms with Crippen molar-refractivity contribution in [3.8, 4) is 0 Å². The molecule has 106 valence electrons. The van der Waals surface area contributed by atoms with Gasteiger partial charge >= 0.3 is 0 Å². The second kappa shape index (κ2) is 7.12. The molecule has 1 fully saturated rings. The number of hydrogen-bond donors (Lipinski definition) is 2. The minimum absolute atomic E-state index is 0.139. The van der Waals surface area contributed by atoms with Crippen LogP contribution in [0.4, 0.5) is 5.82 Å². The summed E-state index contributed by atoms with van der Waals surface area (Å²) in [5.41, 5.74) is 8.26. The van der Waals surface area contributed by atoms with Crippen molar-refractivity contribution in [2.24, 2.45) is 0 Å². The molecule has 1 saturated heterocycles. The molecule has 2 heterocycles. The van der Waals surface area contributed by atoms with Gasteiger partial charge in [0.2, 0.25) is 0 Å². The van der Waals surface area contributed by atoms with E-state index in [2.05, 4.69) is 23.3 Å². The molecule has 2 atom stereocenters. The number of rotatable bonds is 5. The van der Waals surface area contributed by atoms with Crippen molar-refractivity contribution < 1.29 is 4.74 Å². The van der Waals surface area contributed by atoms with E-state index < -0.39 is 0 Å². The fraction of sp³-hybridized carbons (Fsp3) is 0.643. The molecule has 0 aliphatic carbocycles. The van der Waals surface area contributed by atoms with Crippen LogP contribution in [-0.4, -0.2) is 35.7 Å². The molecule has 4 nitrogen and oxygen atoms in total. The lowest BCUT2D eigenvalue weighted by molar-refractivity contribution is 0.0469. The first kappa shape index (κ1) is 14.6. The van der Waals surface area contributed by atoms with Crippen LogP contribution in [-0.2, 0) is 4.74 Å². The maximum atomic E-state index is 6.06. The topological polar surface area (TPSA) is 60.2 Å². The highest BCUT2D eigenvalue weighted by Crippen LogP contribution is 2.28. The summed E-state index contributed by atoms with van der Waals surface area (Å²) >= 11 is 1.94. The van der Waals surface area contributed by atoms with Crippen LogP contribution < -0.4 is 11.1 Å². The lowest BCUT2D eigenvalue weighted by Crippen LogP contribution is -2.39. The van der Waals surface area contributed by atoms with E-state index in [9.17, 15) is 0 Å². The largest absolute Gasteiger partial charge is 0.383 e. The summed E-state index contributed by atoms with van der Waals surface area (Å²) in [7, 11) is 0. The van der Waals surface area contributed by atoms with E-state index >= 15 is 0 Å². The lowest BCUT2D eigenvalue weighted by Gasteiger charge is -2.31. The van der Waals surface area contributed by atoms with Crippen molar-refractivity contribution >= 4 is 17.6 Å². The molecule has 0 spiro atoms. The first-order valence-electron chi connectivity index (χ1n) is 6.87. The van der Waals surface area contributed by atoms with Crippen LogP contribution in [0.5, 0.6) is 0 Å². The normalized spacial score (nSPS) is 21.3. The highest BCUT2D eigenvalue weighted by atomic mass is 32.2. The fourth-order valence-electron chi connectivity index (χ4n) is 2.29. The summed E-state index contributed by atoms with van der Waals surface area (Å²) in [4.78, 5) is 4.28. The Bertz CT molecular complexity index is 408. The number of nitrogen functional groups attached to an aromatic ring is 1. The maximum absolute atomic E-state index is 6.06. The summed E-state index contributed by atoms with van der Waals surface area (Å²) < 4.78 is 5.92. The summed E-state index contributed by atoms with van der Waals surface area (Å²) in [5.74, 6) is 2.70. The predicted octanol–water partition coefficient (Wildman–Crippen LogP) is 2.14. The van der Waals surface area contributed by atoms with Crippen molar-refractivity contribution in [3.63, 3.8) is 0 Å². The highest BCUT2D eigenvalue weighted by Gasteiger charge is 2.27. The first-order valence-corrected chi connectivity index (χ1v) is 8.02. The molecule has 0 aromatic carbocycles. The molecule has 0 saturated carbocycles. The van der Waals surface area contributed by atoms with E-state index in [-0.39, 0.29) is 12.1 Å². The zero-order valence-electron chi connectivity index (χ0n) is 11.7. The van der Waals surface area contributed by atoms with Crippen LogP contribution in [0.15, 0.2) is 12.3 Å². The van der Waals surface area contributed by atoms with Crippen LogP contribution in [0.25, 0.3) is 0 Å². The average molecular weight is 281 g/mol. The van der Waals surface area contributed by atoms with Crippen molar-refractivity contribution in [2.75, 3.05) is 30.4 Å². The molecule has 1 aliphatic heterocycles. The van der Waals surface area contributed by atoms with Gasteiger partial charge in [-0.1, -0.05) is 6.92 Å². The number of hydrogen-bond acceptors (Lipinski definition) is 5. The minimum Gasteiger partial charge on any atom is -0.383 e. The minimum atomic E-state index is 0.139. The molecular weight excluding hydrogens is 258 g/mol. The van der Waals surface area contributed by atoms with Crippen molar-refractivity contribution in [2.45, 2.75) is 32.4 Å². The number of aryl methyl sites for hydroxylation is 1. The Morgan fingerprint density at radius 3 is 3.16 bits per heavy atom. The third-order valence-corrected chi connectivity index (χ3v) is 4.27. The van der Waals surface area contributed by atoms with Crippen LogP contribution in [0, 0.1) is 6.92 Å². The summed E-state index contributed by atoms with van der Waals surface area (Å²) in [6.45, 7) is 5.99. The molecular formula is C14H23N3OS. The molecule has 1 aromatic heterocycles. The van der Waals surface area contributed by atoms with E-state index in [4.69, 9.17) is 10.5 Å². The Morgan fingerprint density at radius 2 is 2.47 bits per heavy atom. The van der Waals surface area contributed by atoms with Gasteiger partial charge in [-0.05, 0) is 31.5 Å². The van der Waals surface area contributed by atoms with Gasteiger partial charge in [0, 0.05) is 23.3 Å². The smallest absolute Gasteiger partial charge is 0.128 e. The summed E-state index contributed by atoms with van der Waals surface area (Å²) in [6.07, 6.45) is 3.08. The van der Waals surface area contributed by atoms with Gasteiger partial charge < -0.3 is 15.8 Å². The number of nitrogens with one attached hydrogen (secondary N) is 1. The summed E-state index contributed by atoms with van der Waals surface area (Å²) in [5, 5.41) is 3.57. The number of ether oxygens (including phenoxy) is 1. The van der Waals surface area contributed by atoms with E-state index in [1.54, 1.807) is 0 Å². The Kier molecular flexibility index (Phi) is 5.48. The molecule has 3 N–H and O–H groups in total. The number of anilines is 1. The molecule has 0 amide bonds. The molecule has 19 heavy (non-hydrogen) atoms. The monoisotopic (exact) mass is 281 g/mol. The SMILES string of the molecule is CCCNC(c1cc(C)cnc1N)C1CSCCO1. The van der Waals surface area contributed by atoms with Gasteiger partial charge in [0.25, 0.3) is 0 Å². The summed E-state index contributed by atoms with van der Waals surface area (Å²) in [6, 6.07) is 2.26. The predicted molar refractivity (Wildman–Crippen MR) is 81.5 cm³/mol. The number of pyridine rings is 1. The molecule has 2 unspecified atom stereocenters. The van der Waals surface area contributed by atoms with Crippen LogP contribution in [0.2, 0.25) is 0 Å². The van der Waals surface area contributed by atoms with E-state index in [1.165, 1.54) is 0 Å². The third kappa shape index (κ3) is 3.84. The number of aromatic nitrogens is 1. The zero-order valence-corrected chi connectivity index (χ0v) is 12.5. The van der Waals surface area contributed by atoms with E-state index in [0.717, 1.165) is 42.2 Å². The Balaban J connectivity index is 2.22. The molecule has 0 bridgehead atoms. The number of thioether (sulfide) groups is 1. The first-order chi connectivity index (χ1) is 9.22. The Morgan fingerprint density at radius 1 is 1.63 bits per heavy atom.